The Balaban J connectivity index is 2.46. The van der Waals surface area contributed by atoms with Gasteiger partial charge in [0.05, 0.1) is 0 Å². The highest BCUT2D eigenvalue weighted by atomic mass is 14.9. The fraction of sp³-hybridized carbons (Fsp3) is 0. The lowest BCUT2D eigenvalue weighted by Gasteiger charge is -2.22. The summed E-state index contributed by atoms with van der Waals surface area (Å²) in [4.78, 5) is 0. The Bertz CT molecular complexity index is 657. The Morgan fingerprint density at radius 2 is 1.71 bits per heavy atom. The van der Waals surface area contributed by atoms with Gasteiger partial charge in [-0.05, 0) is 23.1 Å². The van der Waals surface area contributed by atoms with Gasteiger partial charge in [0.25, 0.3) is 0 Å². The van der Waals surface area contributed by atoms with Crippen LogP contribution in [-0.4, -0.2) is 0 Å². The average molecular weight is 219 g/mol. The van der Waals surface area contributed by atoms with Crippen molar-refractivity contribution in [1.29, 1.82) is 0 Å². The van der Waals surface area contributed by atoms with Crippen LogP contribution in [0.15, 0.2) is 67.4 Å². The summed E-state index contributed by atoms with van der Waals surface area (Å²) < 4.78 is 0. The molecular weight excluding hydrogens is 206 g/mol. The van der Waals surface area contributed by atoms with E-state index in [-0.39, 0.29) is 0 Å². The second kappa shape index (κ2) is 3.63. The molecule has 0 amide bonds. The van der Waals surface area contributed by atoms with Gasteiger partial charge >= 0.3 is 0 Å². The van der Waals surface area contributed by atoms with Crippen molar-refractivity contribution in [2.75, 3.05) is 5.32 Å². The first kappa shape index (κ1) is 9.91. The number of anilines is 1. The number of hydrogen-bond donors (Lipinski definition) is 1. The van der Waals surface area contributed by atoms with Gasteiger partial charge in [-0.1, -0.05) is 49.6 Å². The van der Waals surface area contributed by atoms with E-state index in [9.17, 15) is 0 Å². The van der Waals surface area contributed by atoms with Crippen molar-refractivity contribution in [1.82, 2.24) is 0 Å². The smallest absolute Gasteiger partial charge is 0.0470 e. The monoisotopic (exact) mass is 219 g/mol. The molecule has 1 N–H and O–H groups in total. The van der Waals surface area contributed by atoms with E-state index in [0.29, 0.717) is 0 Å². The van der Waals surface area contributed by atoms with Gasteiger partial charge in [0.15, 0.2) is 0 Å². The van der Waals surface area contributed by atoms with E-state index >= 15 is 0 Å². The molecule has 3 rings (SSSR count). The second-order valence-electron chi connectivity index (χ2n) is 4.07. The van der Waals surface area contributed by atoms with Crippen LogP contribution in [0, 0.1) is 0 Å². The van der Waals surface area contributed by atoms with Crippen molar-refractivity contribution >= 4 is 22.0 Å². The van der Waals surface area contributed by atoms with Crippen LogP contribution in [0.1, 0.15) is 5.56 Å². The van der Waals surface area contributed by atoms with E-state index in [1.165, 1.54) is 16.3 Å². The lowest BCUT2D eigenvalue weighted by Crippen LogP contribution is -2.06. The molecule has 1 nitrogen and oxygen atoms in total. The fourth-order valence-corrected chi connectivity index (χ4v) is 2.41. The Labute approximate surface area is 101 Å². The number of nitrogens with one attached hydrogen (secondary N) is 1. The van der Waals surface area contributed by atoms with Crippen LogP contribution in [0.25, 0.3) is 16.3 Å². The maximum Gasteiger partial charge on any atom is 0.0470 e. The molecule has 0 spiro atoms. The summed E-state index contributed by atoms with van der Waals surface area (Å²) in [6.07, 6.45) is 3.72. The van der Waals surface area contributed by atoms with Crippen LogP contribution in [0.4, 0.5) is 5.69 Å². The summed E-state index contributed by atoms with van der Waals surface area (Å²) >= 11 is 0. The van der Waals surface area contributed by atoms with Crippen molar-refractivity contribution in [2.45, 2.75) is 0 Å². The molecule has 82 valence electrons. The van der Waals surface area contributed by atoms with Gasteiger partial charge in [0.1, 0.15) is 0 Å². The molecule has 0 saturated heterocycles. The minimum Gasteiger partial charge on any atom is -0.355 e. The number of allylic oxidation sites excluding steroid dienone is 3. The maximum atomic E-state index is 3.90. The molecule has 0 radical (unpaired) electrons. The maximum absolute atomic E-state index is 3.90. The van der Waals surface area contributed by atoms with Crippen molar-refractivity contribution < 1.29 is 0 Å². The van der Waals surface area contributed by atoms with Gasteiger partial charge in [-0.2, -0.15) is 0 Å². The standard InChI is InChI=1S/C16H13N/c1-3-12-13-9-5-7-11-8-6-10-15(16(11)13)17-14(12)4-2/h3-10,17H,1-2H2. The normalized spacial score (nSPS) is 13.4. The molecule has 1 heteroatoms. The van der Waals surface area contributed by atoms with Crippen molar-refractivity contribution in [3.8, 4) is 0 Å². The Morgan fingerprint density at radius 1 is 0.941 bits per heavy atom. The highest BCUT2D eigenvalue weighted by Crippen LogP contribution is 2.38. The minimum absolute atomic E-state index is 1.02. The third kappa shape index (κ3) is 1.32. The molecule has 0 saturated carbocycles. The topological polar surface area (TPSA) is 12.0 Å². The fourth-order valence-electron chi connectivity index (χ4n) is 2.41. The number of benzene rings is 2. The van der Waals surface area contributed by atoms with Crippen LogP contribution in [0.2, 0.25) is 0 Å². The first-order valence-electron chi connectivity index (χ1n) is 5.63. The molecule has 1 heterocycles. The van der Waals surface area contributed by atoms with Crippen LogP contribution < -0.4 is 5.32 Å². The highest BCUT2D eigenvalue weighted by Gasteiger charge is 2.16. The molecule has 2 aromatic carbocycles. The quantitative estimate of drug-likeness (QED) is 0.791. The molecule has 0 aliphatic carbocycles. The number of rotatable bonds is 2. The van der Waals surface area contributed by atoms with Gasteiger partial charge in [-0.15, -0.1) is 0 Å². The van der Waals surface area contributed by atoms with Crippen LogP contribution >= 0.6 is 0 Å². The van der Waals surface area contributed by atoms with Gasteiger partial charge < -0.3 is 5.32 Å². The zero-order valence-electron chi connectivity index (χ0n) is 9.53. The van der Waals surface area contributed by atoms with Crippen LogP contribution in [-0.2, 0) is 0 Å². The van der Waals surface area contributed by atoms with E-state index in [2.05, 4.69) is 54.9 Å². The summed E-state index contributed by atoms with van der Waals surface area (Å²) in [7, 11) is 0. The average Bonchev–Trinajstić information content (AvgIpc) is 2.39. The summed E-state index contributed by atoms with van der Waals surface area (Å²) in [5.41, 5.74) is 4.50. The Morgan fingerprint density at radius 3 is 2.41 bits per heavy atom. The van der Waals surface area contributed by atoms with Crippen molar-refractivity contribution in [3.63, 3.8) is 0 Å². The molecule has 0 aromatic heterocycles. The molecule has 0 atom stereocenters. The van der Waals surface area contributed by atoms with Crippen molar-refractivity contribution in [3.05, 3.63) is 73.0 Å². The molecule has 2 aromatic rings. The highest BCUT2D eigenvalue weighted by molar-refractivity contribution is 6.07. The molecular formula is C16H13N. The zero-order valence-corrected chi connectivity index (χ0v) is 9.53. The van der Waals surface area contributed by atoms with Crippen LogP contribution in [0.5, 0.6) is 0 Å². The third-order valence-electron chi connectivity index (χ3n) is 3.16. The summed E-state index contributed by atoms with van der Waals surface area (Å²) in [5.74, 6) is 0. The van der Waals surface area contributed by atoms with E-state index in [1.807, 2.05) is 12.2 Å². The third-order valence-corrected chi connectivity index (χ3v) is 3.16. The van der Waals surface area contributed by atoms with Gasteiger partial charge in [-0.3, -0.25) is 0 Å². The summed E-state index contributed by atoms with van der Waals surface area (Å²) in [6.45, 7) is 7.75. The van der Waals surface area contributed by atoms with E-state index in [1.54, 1.807) is 0 Å². The van der Waals surface area contributed by atoms with Gasteiger partial charge in [0, 0.05) is 22.3 Å². The second-order valence-corrected chi connectivity index (χ2v) is 4.07. The number of hydrogen-bond acceptors (Lipinski definition) is 1. The van der Waals surface area contributed by atoms with Gasteiger partial charge in [0.2, 0.25) is 0 Å². The van der Waals surface area contributed by atoms with Crippen LogP contribution in [0.3, 0.4) is 0 Å². The SMILES string of the molecule is C=CC1=C(C=C)c2cccc3cccc(c23)N1. The molecule has 17 heavy (non-hydrogen) atoms. The van der Waals surface area contributed by atoms with Gasteiger partial charge in [-0.25, -0.2) is 0 Å². The molecule has 1 aliphatic rings. The van der Waals surface area contributed by atoms with Crippen molar-refractivity contribution in [2.24, 2.45) is 0 Å². The Kier molecular flexibility index (Phi) is 2.12. The van der Waals surface area contributed by atoms with E-state index in [4.69, 9.17) is 0 Å². The lowest BCUT2D eigenvalue weighted by atomic mass is 9.92. The van der Waals surface area contributed by atoms with E-state index < -0.39 is 0 Å². The predicted molar refractivity (Wildman–Crippen MR) is 74.9 cm³/mol. The first-order chi connectivity index (χ1) is 8.35. The lowest BCUT2D eigenvalue weighted by molar-refractivity contribution is 1.46. The molecule has 1 aliphatic heterocycles. The molecule has 0 bridgehead atoms. The first-order valence-corrected chi connectivity index (χ1v) is 5.63. The molecule has 0 fully saturated rings. The largest absolute Gasteiger partial charge is 0.355 e. The summed E-state index contributed by atoms with van der Waals surface area (Å²) in [6, 6.07) is 12.6. The Hall–Kier alpha value is -2.28. The summed E-state index contributed by atoms with van der Waals surface area (Å²) in [5, 5.41) is 5.91. The molecule has 0 unspecified atom stereocenters. The minimum atomic E-state index is 1.02. The predicted octanol–water partition coefficient (Wildman–Crippen LogP) is 4.35. The zero-order chi connectivity index (χ0) is 11.8. The van der Waals surface area contributed by atoms with E-state index in [0.717, 1.165) is 17.0 Å².